The van der Waals surface area contributed by atoms with E-state index >= 15 is 0 Å². The molecule has 0 saturated carbocycles. The van der Waals surface area contributed by atoms with Crippen LogP contribution in [0, 0.1) is 19.3 Å². The number of aromatic amines is 1. The summed E-state index contributed by atoms with van der Waals surface area (Å²) in [6, 6.07) is 16.2. The van der Waals surface area contributed by atoms with Crippen molar-refractivity contribution >= 4 is 10.9 Å². The summed E-state index contributed by atoms with van der Waals surface area (Å²) in [6.45, 7) is 1.75. The zero-order valence-electron chi connectivity index (χ0n) is 12.1. The smallest absolute Gasteiger partial charge is 0.251 e. The normalized spacial score (nSPS) is 13.5. The third-order valence-electron chi connectivity index (χ3n) is 3.85. The Morgan fingerprint density at radius 2 is 1.82 bits per heavy atom. The van der Waals surface area contributed by atoms with Gasteiger partial charge in [-0.2, -0.15) is 0 Å². The minimum atomic E-state index is -1.50. The number of aromatic nitrogens is 1. The van der Waals surface area contributed by atoms with Gasteiger partial charge in [0, 0.05) is 22.2 Å². The lowest BCUT2D eigenvalue weighted by atomic mass is 9.86. The molecule has 1 aromatic heterocycles. The maximum atomic E-state index is 11.7. The summed E-state index contributed by atoms with van der Waals surface area (Å²) in [5, 5.41) is 11.8. The van der Waals surface area contributed by atoms with E-state index in [0.29, 0.717) is 22.2 Å². The topological polar surface area (TPSA) is 53.1 Å². The van der Waals surface area contributed by atoms with Gasteiger partial charge in [-0.15, -0.1) is 6.42 Å². The molecule has 2 aromatic carbocycles. The minimum Gasteiger partial charge on any atom is -0.369 e. The van der Waals surface area contributed by atoms with Crippen LogP contribution in [-0.4, -0.2) is 10.1 Å². The Hall–Kier alpha value is -2.83. The second kappa shape index (κ2) is 5.18. The summed E-state index contributed by atoms with van der Waals surface area (Å²) in [4.78, 5) is 14.5. The van der Waals surface area contributed by atoms with Crippen molar-refractivity contribution in [3.63, 3.8) is 0 Å². The standard InChI is InChI=1S/C19H15NO2/c1-3-19(22,15-7-5-4-6-8-15)16-9-10-17-14(12-16)11-13(2)18(21)20-17/h1,4-12,22H,2H3,(H,20,21). The highest BCUT2D eigenvalue weighted by atomic mass is 16.3. The lowest BCUT2D eigenvalue weighted by Gasteiger charge is -2.23. The van der Waals surface area contributed by atoms with Crippen LogP contribution in [0.25, 0.3) is 10.9 Å². The Morgan fingerprint density at radius 1 is 1.09 bits per heavy atom. The van der Waals surface area contributed by atoms with Crippen molar-refractivity contribution in [1.82, 2.24) is 4.98 Å². The van der Waals surface area contributed by atoms with Crippen molar-refractivity contribution in [2.24, 2.45) is 0 Å². The van der Waals surface area contributed by atoms with E-state index in [4.69, 9.17) is 6.42 Å². The predicted octanol–water partition coefficient (Wildman–Crippen LogP) is 2.71. The van der Waals surface area contributed by atoms with E-state index in [9.17, 15) is 9.90 Å². The second-order valence-corrected chi connectivity index (χ2v) is 5.30. The van der Waals surface area contributed by atoms with Crippen molar-refractivity contribution in [2.75, 3.05) is 0 Å². The van der Waals surface area contributed by atoms with Gasteiger partial charge in [0.1, 0.15) is 0 Å². The third kappa shape index (κ3) is 2.20. The summed E-state index contributed by atoms with van der Waals surface area (Å²) in [5.74, 6) is 2.49. The van der Waals surface area contributed by atoms with Crippen LogP contribution < -0.4 is 5.56 Å². The number of aryl methyl sites for hydroxylation is 1. The molecule has 0 bridgehead atoms. The van der Waals surface area contributed by atoms with E-state index < -0.39 is 5.60 Å². The molecule has 2 N–H and O–H groups in total. The minimum absolute atomic E-state index is 0.115. The molecule has 0 aliphatic heterocycles. The predicted molar refractivity (Wildman–Crippen MR) is 87.6 cm³/mol. The first-order chi connectivity index (χ1) is 10.5. The first-order valence-electron chi connectivity index (χ1n) is 6.94. The average Bonchev–Trinajstić information content (AvgIpc) is 2.55. The monoisotopic (exact) mass is 289 g/mol. The van der Waals surface area contributed by atoms with Crippen molar-refractivity contribution in [1.29, 1.82) is 0 Å². The molecule has 3 nitrogen and oxygen atoms in total. The Balaban J connectivity index is 2.22. The first kappa shape index (κ1) is 14.1. The van der Waals surface area contributed by atoms with Crippen molar-refractivity contribution < 1.29 is 5.11 Å². The zero-order valence-corrected chi connectivity index (χ0v) is 12.1. The molecular weight excluding hydrogens is 274 g/mol. The number of hydrogen-bond donors (Lipinski definition) is 2. The zero-order chi connectivity index (χ0) is 15.7. The van der Waals surface area contributed by atoms with Crippen LogP contribution >= 0.6 is 0 Å². The highest BCUT2D eigenvalue weighted by Crippen LogP contribution is 2.30. The fraction of sp³-hybridized carbons (Fsp3) is 0.105. The first-order valence-corrected chi connectivity index (χ1v) is 6.94. The van der Waals surface area contributed by atoms with Crippen molar-refractivity contribution in [2.45, 2.75) is 12.5 Å². The van der Waals surface area contributed by atoms with Crippen LogP contribution in [0.5, 0.6) is 0 Å². The van der Waals surface area contributed by atoms with Gasteiger partial charge in [0.15, 0.2) is 5.60 Å². The van der Waals surface area contributed by atoms with Gasteiger partial charge in [-0.05, 0) is 30.5 Å². The van der Waals surface area contributed by atoms with Gasteiger partial charge in [-0.3, -0.25) is 4.79 Å². The Bertz CT molecular complexity index is 935. The van der Waals surface area contributed by atoms with Crippen molar-refractivity contribution in [3.05, 3.63) is 81.6 Å². The molecule has 1 unspecified atom stereocenters. The Labute approximate surface area is 128 Å². The molecule has 108 valence electrons. The molecule has 3 heteroatoms. The number of H-pyrrole nitrogens is 1. The van der Waals surface area contributed by atoms with Gasteiger partial charge in [0.25, 0.3) is 5.56 Å². The van der Waals surface area contributed by atoms with Crippen LogP contribution in [0.3, 0.4) is 0 Å². The summed E-state index contributed by atoms with van der Waals surface area (Å²) < 4.78 is 0. The number of pyridine rings is 1. The van der Waals surface area contributed by atoms with Crippen LogP contribution in [0.2, 0.25) is 0 Å². The Kier molecular flexibility index (Phi) is 3.32. The number of fused-ring (bicyclic) bond motifs is 1. The quantitative estimate of drug-likeness (QED) is 0.713. The fourth-order valence-corrected chi connectivity index (χ4v) is 2.55. The number of terminal acetylenes is 1. The molecule has 3 rings (SSSR count). The second-order valence-electron chi connectivity index (χ2n) is 5.30. The number of rotatable bonds is 2. The molecule has 0 aliphatic rings. The van der Waals surface area contributed by atoms with E-state index in [1.807, 2.05) is 24.3 Å². The molecule has 22 heavy (non-hydrogen) atoms. The summed E-state index contributed by atoms with van der Waals surface area (Å²) in [5.41, 5.74) is 0.952. The number of benzene rings is 2. The van der Waals surface area contributed by atoms with E-state index in [2.05, 4.69) is 10.9 Å². The largest absolute Gasteiger partial charge is 0.369 e. The van der Waals surface area contributed by atoms with Crippen LogP contribution in [0.4, 0.5) is 0 Å². The van der Waals surface area contributed by atoms with Gasteiger partial charge in [-0.1, -0.05) is 42.3 Å². The maximum absolute atomic E-state index is 11.7. The molecule has 1 heterocycles. The SMILES string of the molecule is C#CC(O)(c1ccccc1)c1ccc2[nH]c(=O)c(C)cc2c1. The molecule has 0 aliphatic carbocycles. The lowest BCUT2D eigenvalue weighted by molar-refractivity contribution is 0.145. The molecule has 1 atom stereocenters. The lowest BCUT2D eigenvalue weighted by Crippen LogP contribution is -2.25. The molecule has 0 saturated heterocycles. The maximum Gasteiger partial charge on any atom is 0.251 e. The Morgan fingerprint density at radius 3 is 2.50 bits per heavy atom. The summed E-state index contributed by atoms with van der Waals surface area (Å²) in [7, 11) is 0. The van der Waals surface area contributed by atoms with Gasteiger partial charge in [0.2, 0.25) is 0 Å². The third-order valence-corrected chi connectivity index (χ3v) is 3.85. The van der Waals surface area contributed by atoms with Crippen molar-refractivity contribution in [3.8, 4) is 12.3 Å². The molecule has 0 spiro atoms. The molecule has 0 amide bonds. The van der Waals surface area contributed by atoms with Crippen LogP contribution in [0.1, 0.15) is 16.7 Å². The van der Waals surface area contributed by atoms with E-state index in [-0.39, 0.29) is 5.56 Å². The molecule has 0 radical (unpaired) electrons. The number of nitrogens with one attached hydrogen (secondary N) is 1. The summed E-state index contributed by atoms with van der Waals surface area (Å²) in [6.07, 6.45) is 5.61. The fourth-order valence-electron chi connectivity index (χ4n) is 2.55. The van der Waals surface area contributed by atoms with Crippen LogP contribution in [0.15, 0.2) is 59.4 Å². The van der Waals surface area contributed by atoms with E-state index in [0.717, 1.165) is 5.39 Å². The van der Waals surface area contributed by atoms with E-state index in [1.54, 1.807) is 37.3 Å². The van der Waals surface area contributed by atoms with Gasteiger partial charge < -0.3 is 10.1 Å². The van der Waals surface area contributed by atoms with Gasteiger partial charge >= 0.3 is 0 Å². The number of hydrogen-bond acceptors (Lipinski definition) is 2. The number of aliphatic hydroxyl groups is 1. The highest BCUT2D eigenvalue weighted by Gasteiger charge is 2.29. The average molecular weight is 289 g/mol. The van der Waals surface area contributed by atoms with Gasteiger partial charge in [-0.25, -0.2) is 0 Å². The highest BCUT2D eigenvalue weighted by molar-refractivity contribution is 5.80. The summed E-state index contributed by atoms with van der Waals surface area (Å²) >= 11 is 0. The molecule has 0 fully saturated rings. The van der Waals surface area contributed by atoms with Gasteiger partial charge in [0.05, 0.1) is 0 Å². The van der Waals surface area contributed by atoms with Crippen LogP contribution in [-0.2, 0) is 5.60 Å². The van der Waals surface area contributed by atoms with E-state index in [1.165, 1.54) is 0 Å². The molecular formula is C19H15NO2. The molecule has 3 aromatic rings.